The Balaban J connectivity index is 1.46. The van der Waals surface area contributed by atoms with E-state index in [1.165, 1.54) is 0 Å². The molecule has 0 aliphatic carbocycles. The Morgan fingerprint density at radius 1 is 1.10 bits per heavy atom. The van der Waals surface area contributed by atoms with E-state index in [0.29, 0.717) is 43.6 Å². The molecule has 0 N–H and O–H groups in total. The molecule has 1 aliphatic rings. The van der Waals surface area contributed by atoms with Gasteiger partial charge in [0.2, 0.25) is 5.91 Å². The van der Waals surface area contributed by atoms with Crippen LogP contribution in [0.5, 0.6) is 11.5 Å². The summed E-state index contributed by atoms with van der Waals surface area (Å²) in [5.74, 6) is 2.41. The van der Waals surface area contributed by atoms with Crippen LogP contribution in [0.2, 0.25) is 0 Å². The zero-order chi connectivity index (χ0) is 21.6. The maximum atomic E-state index is 12.7. The highest BCUT2D eigenvalue weighted by Gasteiger charge is 2.35. The van der Waals surface area contributed by atoms with Crippen molar-refractivity contribution >= 4 is 11.6 Å². The van der Waals surface area contributed by atoms with Crippen molar-refractivity contribution < 1.29 is 18.8 Å². The molecule has 1 aromatic heterocycles. The molecule has 0 spiro atoms. The van der Waals surface area contributed by atoms with Gasteiger partial charge < -0.3 is 18.9 Å². The van der Waals surface area contributed by atoms with Gasteiger partial charge in [-0.05, 0) is 49.7 Å². The van der Waals surface area contributed by atoms with Gasteiger partial charge in [0.05, 0.1) is 18.9 Å². The van der Waals surface area contributed by atoms with Gasteiger partial charge in [0.15, 0.2) is 5.82 Å². The van der Waals surface area contributed by atoms with Gasteiger partial charge >= 0.3 is 0 Å². The van der Waals surface area contributed by atoms with E-state index in [1.807, 2.05) is 55.5 Å². The molecular weight excluding hydrogens is 394 g/mol. The van der Waals surface area contributed by atoms with Crippen molar-refractivity contribution in [2.24, 2.45) is 0 Å². The first-order valence-electron chi connectivity index (χ1n) is 10.8. The fourth-order valence-corrected chi connectivity index (χ4v) is 3.62. The van der Waals surface area contributed by atoms with Crippen LogP contribution in [0.1, 0.15) is 44.9 Å². The van der Waals surface area contributed by atoms with Gasteiger partial charge in [-0.25, -0.2) is 0 Å². The predicted octanol–water partition coefficient (Wildman–Crippen LogP) is 4.83. The van der Waals surface area contributed by atoms with Crippen LogP contribution in [-0.2, 0) is 4.79 Å². The van der Waals surface area contributed by atoms with E-state index in [-0.39, 0.29) is 11.8 Å². The third-order valence-corrected chi connectivity index (χ3v) is 5.26. The van der Waals surface area contributed by atoms with Gasteiger partial charge in [0, 0.05) is 24.4 Å². The van der Waals surface area contributed by atoms with Crippen LogP contribution in [-0.4, -0.2) is 35.8 Å². The van der Waals surface area contributed by atoms with Crippen LogP contribution in [0.25, 0.3) is 11.5 Å². The minimum absolute atomic E-state index is 0.0251. The summed E-state index contributed by atoms with van der Waals surface area (Å²) in [6.07, 6.45) is 2.46. The average Bonchev–Trinajstić information content (AvgIpc) is 3.42. The lowest BCUT2D eigenvalue weighted by molar-refractivity contribution is -0.117. The van der Waals surface area contributed by atoms with E-state index < -0.39 is 0 Å². The molecule has 1 atom stereocenters. The predicted molar refractivity (Wildman–Crippen MR) is 117 cm³/mol. The molecule has 0 radical (unpaired) electrons. The van der Waals surface area contributed by atoms with E-state index >= 15 is 0 Å². The van der Waals surface area contributed by atoms with Gasteiger partial charge in [-0.15, -0.1) is 0 Å². The molecule has 1 fully saturated rings. The molecule has 2 aromatic carbocycles. The molecule has 31 heavy (non-hydrogen) atoms. The smallest absolute Gasteiger partial charge is 0.257 e. The first kappa shape index (κ1) is 20.9. The molecule has 1 saturated heterocycles. The van der Waals surface area contributed by atoms with Crippen molar-refractivity contribution in [1.82, 2.24) is 10.1 Å². The van der Waals surface area contributed by atoms with E-state index in [2.05, 4.69) is 17.1 Å². The zero-order valence-corrected chi connectivity index (χ0v) is 17.9. The van der Waals surface area contributed by atoms with Gasteiger partial charge in [0.25, 0.3) is 5.89 Å². The van der Waals surface area contributed by atoms with Crippen LogP contribution < -0.4 is 14.4 Å². The molecule has 4 rings (SSSR count). The Bertz CT molecular complexity index is 1020. The summed E-state index contributed by atoms with van der Waals surface area (Å²) in [4.78, 5) is 19.0. The van der Waals surface area contributed by atoms with Gasteiger partial charge in [-0.2, -0.15) is 4.98 Å². The number of carbonyl (C=O) groups excluding carboxylic acids is 1. The Morgan fingerprint density at radius 3 is 2.68 bits per heavy atom. The number of amides is 1. The molecule has 3 aromatic rings. The minimum Gasteiger partial charge on any atom is -0.494 e. The molecule has 7 nitrogen and oxygen atoms in total. The second-order valence-electron chi connectivity index (χ2n) is 7.49. The quantitative estimate of drug-likeness (QED) is 0.460. The first-order chi connectivity index (χ1) is 15.2. The summed E-state index contributed by atoms with van der Waals surface area (Å²) in [6, 6.07) is 15.2. The Kier molecular flexibility index (Phi) is 6.50. The molecule has 7 heteroatoms. The Hall–Kier alpha value is -3.35. The fraction of sp³-hybridized carbons (Fsp3) is 0.375. The number of hydrogen-bond acceptors (Lipinski definition) is 6. The maximum absolute atomic E-state index is 12.7. The monoisotopic (exact) mass is 421 g/mol. The summed E-state index contributed by atoms with van der Waals surface area (Å²) in [5.41, 5.74) is 1.60. The summed E-state index contributed by atoms with van der Waals surface area (Å²) >= 11 is 0. The SMILES string of the molecule is CCCCOc1ccc(-c2nc(C3CC(=O)N(c4ccccc4OCC)C3)no2)cc1. The molecule has 1 amide bonds. The molecular formula is C24H27N3O4. The summed E-state index contributed by atoms with van der Waals surface area (Å²) < 4.78 is 16.9. The van der Waals surface area contributed by atoms with Crippen LogP contribution in [0.15, 0.2) is 53.1 Å². The van der Waals surface area contributed by atoms with Crippen molar-refractivity contribution in [2.75, 3.05) is 24.7 Å². The highest BCUT2D eigenvalue weighted by atomic mass is 16.5. The largest absolute Gasteiger partial charge is 0.494 e. The van der Waals surface area contributed by atoms with Crippen LogP contribution in [0, 0.1) is 0 Å². The highest BCUT2D eigenvalue weighted by Crippen LogP contribution is 2.36. The van der Waals surface area contributed by atoms with Crippen molar-refractivity contribution in [3.63, 3.8) is 0 Å². The Labute approximate surface area is 182 Å². The lowest BCUT2D eigenvalue weighted by atomic mass is 10.1. The number of hydrogen-bond donors (Lipinski definition) is 0. The molecule has 0 bridgehead atoms. The number of rotatable bonds is 9. The van der Waals surface area contributed by atoms with E-state index in [1.54, 1.807) is 4.90 Å². The number of anilines is 1. The third kappa shape index (κ3) is 4.71. The standard InChI is InChI=1S/C24H27N3O4/c1-3-5-14-30-19-12-10-17(11-13-19)24-25-23(26-31-24)18-15-22(28)27(16-18)20-8-6-7-9-21(20)29-4-2/h6-13,18H,3-5,14-16H2,1-2H3. The van der Waals surface area contributed by atoms with Crippen LogP contribution >= 0.6 is 0 Å². The molecule has 162 valence electrons. The Morgan fingerprint density at radius 2 is 1.90 bits per heavy atom. The normalized spacial score (nSPS) is 16.0. The van der Waals surface area contributed by atoms with Gasteiger partial charge in [-0.3, -0.25) is 4.79 Å². The molecule has 2 heterocycles. The maximum Gasteiger partial charge on any atom is 0.257 e. The summed E-state index contributed by atoms with van der Waals surface area (Å²) in [5, 5.41) is 4.15. The number of benzene rings is 2. The van der Waals surface area contributed by atoms with Gasteiger partial charge in [-0.1, -0.05) is 30.6 Å². The number of unbranched alkanes of at least 4 members (excludes halogenated alkanes) is 1. The first-order valence-corrected chi connectivity index (χ1v) is 10.8. The van der Waals surface area contributed by atoms with Crippen LogP contribution in [0.4, 0.5) is 5.69 Å². The number of aromatic nitrogens is 2. The fourth-order valence-electron chi connectivity index (χ4n) is 3.62. The van der Waals surface area contributed by atoms with Crippen LogP contribution in [0.3, 0.4) is 0 Å². The van der Waals surface area contributed by atoms with E-state index in [4.69, 9.17) is 14.0 Å². The van der Waals surface area contributed by atoms with Crippen molar-refractivity contribution in [1.29, 1.82) is 0 Å². The molecule has 1 aliphatic heterocycles. The molecule has 1 unspecified atom stereocenters. The van der Waals surface area contributed by atoms with E-state index in [9.17, 15) is 4.79 Å². The average molecular weight is 421 g/mol. The third-order valence-electron chi connectivity index (χ3n) is 5.26. The van der Waals surface area contributed by atoms with Crippen molar-refractivity contribution in [3.05, 3.63) is 54.4 Å². The number of carbonyl (C=O) groups is 1. The lowest BCUT2D eigenvalue weighted by Gasteiger charge is -2.19. The second kappa shape index (κ2) is 9.64. The number of ether oxygens (including phenoxy) is 2. The highest BCUT2D eigenvalue weighted by molar-refractivity contribution is 5.97. The number of para-hydroxylation sites is 2. The molecule has 0 saturated carbocycles. The minimum atomic E-state index is -0.128. The van der Waals surface area contributed by atoms with Crippen molar-refractivity contribution in [2.45, 2.75) is 39.0 Å². The summed E-state index contributed by atoms with van der Waals surface area (Å²) in [7, 11) is 0. The zero-order valence-electron chi connectivity index (χ0n) is 17.9. The van der Waals surface area contributed by atoms with Gasteiger partial charge in [0.1, 0.15) is 11.5 Å². The summed E-state index contributed by atoms with van der Waals surface area (Å²) in [6.45, 7) is 5.80. The van der Waals surface area contributed by atoms with Crippen molar-refractivity contribution in [3.8, 4) is 23.0 Å². The lowest BCUT2D eigenvalue weighted by Crippen LogP contribution is -2.25. The topological polar surface area (TPSA) is 77.7 Å². The number of nitrogens with zero attached hydrogens (tertiary/aromatic N) is 3. The second-order valence-corrected chi connectivity index (χ2v) is 7.49. The van der Waals surface area contributed by atoms with E-state index in [0.717, 1.165) is 29.8 Å².